The van der Waals surface area contributed by atoms with Crippen LogP contribution in [0.3, 0.4) is 0 Å². The topological polar surface area (TPSA) is 132 Å². The lowest BCUT2D eigenvalue weighted by Gasteiger charge is -2.24. The van der Waals surface area contributed by atoms with Crippen LogP contribution in [0.4, 0.5) is 5.69 Å². The lowest BCUT2D eigenvalue weighted by Crippen LogP contribution is -2.32. The van der Waals surface area contributed by atoms with Crippen molar-refractivity contribution in [3.05, 3.63) is 29.8 Å². The number of hydrogen-bond acceptors (Lipinski definition) is 5. The maximum atomic E-state index is 12.2. The van der Waals surface area contributed by atoms with Crippen LogP contribution in [0.5, 0.6) is 0 Å². The monoisotopic (exact) mass is 322 g/mol. The number of morpholine rings is 1. The van der Waals surface area contributed by atoms with Gasteiger partial charge in [-0.3, -0.25) is 4.79 Å². The number of hydrogen-bond donors (Lipinski definition) is 3. The normalized spacial score (nSPS) is 16.3. The molecule has 0 radical (unpaired) electrons. The Morgan fingerprint density at radius 2 is 1.77 bits per heavy atom. The Bertz CT molecular complexity index is 577. The first-order chi connectivity index (χ1) is 10.5. The summed E-state index contributed by atoms with van der Waals surface area (Å²) in [5, 5.41) is -0.0189. The van der Waals surface area contributed by atoms with E-state index in [2.05, 4.69) is 9.98 Å². The molecule has 1 aromatic carbocycles. The fraction of sp³-hybridized carbons (Fsp3) is 0.308. The average molecular weight is 322 g/mol. The minimum atomic E-state index is -0.157. The molecule has 0 amide bonds. The first-order valence-corrected chi connectivity index (χ1v) is 7.41. The van der Waals surface area contributed by atoms with Crippen molar-refractivity contribution in [2.75, 3.05) is 26.3 Å². The van der Waals surface area contributed by atoms with Gasteiger partial charge in [0.1, 0.15) is 0 Å². The number of nitrogens with zero attached hydrogens (tertiary/aromatic N) is 3. The third-order valence-electron chi connectivity index (χ3n) is 2.77. The Morgan fingerprint density at radius 1 is 1.14 bits per heavy atom. The average Bonchev–Trinajstić information content (AvgIpc) is 2.48. The smallest absolute Gasteiger partial charge is 0.234 e. The predicted molar refractivity (Wildman–Crippen MR) is 87.8 cm³/mol. The van der Waals surface area contributed by atoms with Crippen LogP contribution in [0.2, 0.25) is 0 Å². The summed E-state index contributed by atoms with van der Waals surface area (Å²) >= 11 is 1.20. The summed E-state index contributed by atoms with van der Waals surface area (Å²) in [6.07, 6.45) is 0. The summed E-state index contributed by atoms with van der Waals surface area (Å²) < 4.78 is 7.24. The molecule has 8 nitrogen and oxygen atoms in total. The number of carbonyl (C=O) groups excluding carboxylic acids is 1. The molecule has 0 aliphatic carbocycles. The Labute approximate surface area is 132 Å². The molecular weight excluding hydrogens is 304 g/mol. The first-order valence-electron chi connectivity index (χ1n) is 6.63. The van der Waals surface area contributed by atoms with E-state index in [0.29, 0.717) is 24.5 Å². The molecule has 1 aliphatic rings. The molecule has 9 heteroatoms. The molecule has 0 aromatic heterocycles. The molecule has 0 spiro atoms. The fourth-order valence-corrected chi connectivity index (χ4v) is 2.58. The van der Waals surface area contributed by atoms with Crippen molar-refractivity contribution in [3.63, 3.8) is 0 Å². The van der Waals surface area contributed by atoms with Gasteiger partial charge in [0.25, 0.3) is 0 Å². The van der Waals surface area contributed by atoms with Crippen LogP contribution in [0.1, 0.15) is 10.4 Å². The predicted octanol–water partition coefficient (Wildman–Crippen LogP) is 0.0268. The van der Waals surface area contributed by atoms with Crippen LogP contribution in [0.15, 0.2) is 34.3 Å². The highest BCUT2D eigenvalue weighted by Gasteiger charge is 2.16. The summed E-state index contributed by atoms with van der Waals surface area (Å²) in [5.74, 6) is -0.197. The largest absolute Gasteiger partial charge is 0.379 e. The van der Waals surface area contributed by atoms with Crippen LogP contribution in [-0.2, 0) is 4.74 Å². The highest BCUT2D eigenvalue weighted by atomic mass is 32.2. The highest BCUT2D eigenvalue weighted by Crippen LogP contribution is 2.21. The number of benzene rings is 1. The van der Waals surface area contributed by atoms with Gasteiger partial charge in [-0.15, -0.1) is 0 Å². The van der Waals surface area contributed by atoms with E-state index in [0.717, 1.165) is 13.1 Å². The SMILES string of the molecule is NC(N)=NC(N)=Nc1ccc(C(=O)SN2CCOCC2)cc1. The van der Waals surface area contributed by atoms with Gasteiger partial charge in [0.05, 0.1) is 18.9 Å². The molecule has 6 N–H and O–H groups in total. The molecule has 1 aliphatic heterocycles. The molecule has 1 saturated heterocycles. The lowest BCUT2D eigenvalue weighted by atomic mass is 10.2. The number of ether oxygens (including phenoxy) is 1. The number of aliphatic imine (C=N–C) groups is 2. The first kappa shape index (κ1) is 16.3. The molecule has 0 saturated carbocycles. The third kappa shape index (κ3) is 5.02. The summed E-state index contributed by atoms with van der Waals surface area (Å²) in [6.45, 7) is 2.79. The second-order valence-electron chi connectivity index (χ2n) is 4.47. The van der Waals surface area contributed by atoms with Crippen molar-refractivity contribution in [1.82, 2.24) is 4.31 Å². The van der Waals surface area contributed by atoms with Gasteiger partial charge in [0.2, 0.25) is 11.1 Å². The van der Waals surface area contributed by atoms with Gasteiger partial charge < -0.3 is 21.9 Å². The molecule has 1 fully saturated rings. The molecule has 1 aromatic rings. The third-order valence-corrected chi connectivity index (χ3v) is 3.80. The van der Waals surface area contributed by atoms with Crippen LogP contribution >= 0.6 is 11.9 Å². The van der Waals surface area contributed by atoms with E-state index >= 15 is 0 Å². The van der Waals surface area contributed by atoms with Gasteiger partial charge in [0, 0.05) is 30.6 Å². The number of rotatable bonds is 3. The Kier molecular flexibility index (Phi) is 5.75. The van der Waals surface area contributed by atoms with Gasteiger partial charge >= 0.3 is 0 Å². The second kappa shape index (κ2) is 7.78. The number of nitrogens with two attached hydrogens (primary N) is 3. The van der Waals surface area contributed by atoms with E-state index in [9.17, 15) is 4.79 Å². The van der Waals surface area contributed by atoms with Crippen LogP contribution in [0.25, 0.3) is 0 Å². The standard InChI is InChI=1S/C13H18N6O2S/c14-12(15)18-13(16)17-10-3-1-9(2-4-10)11(20)22-19-5-7-21-8-6-19/h1-4H,5-8H2,(H6,14,15,16,17,18). The van der Waals surface area contributed by atoms with Crippen molar-refractivity contribution >= 4 is 34.7 Å². The van der Waals surface area contributed by atoms with Crippen molar-refractivity contribution in [3.8, 4) is 0 Å². The van der Waals surface area contributed by atoms with Crippen LogP contribution in [-0.4, -0.2) is 47.6 Å². The fourth-order valence-electron chi connectivity index (χ4n) is 1.77. The minimum Gasteiger partial charge on any atom is -0.379 e. The lowest BCUT2D eigenvalue weighted by molar-refractivity contribution is 0.0766. The number of carbonyl (C=O) groups is 1. The van der Waals surface area contributed by atoms with Crippen LogP contribution < -0.4 is 17.2 Å². The Morgan fingerprint density at radius 3 is 2.36 bits per heavy atom. The van der Waals surface area contributed by atoms with Crippen molar-refractivity contribution < 1.29 is 9.53 Å². The molecule has 0 unspecified atom stereocenters. The summed E-state index contributed by atoms with van der Waals surface area (Å²) in [4.78, 5) is 19.8. The van der Waals surface area contributed by atoms with Gasteiger partial charge in [-0.25, -0.2) is 9.30 Å². The zero-order valence-electron chi connectivity index (χ0n) is 11.9. The number of guanidine groups is 2. The molecule has 0 atom stereocenters. The van der Waals surface area contributed by atoms with Crippen molar-refractivity contribution in [1.29, 1.82) is 0 Å². The van der Waals surface area contributed by atoms with E-state index in [1.807, 2.05) is 4.31 Å². The van der Waals surface area contributed by atoms with Gasteiger partial charge in [-0.05, 0) is 24.3 Å². The van der Waals surface area contributed by atoms with Gasteiger partial charge in [0.15, 0.2) is 5.96 Å². The zero-order chi connectivity index (χ0) is 15.9. The minimum absolute atomic E-state index is 0.0189. The zero-order valence-corrected chi connectivity index (χ0v) is 12.8. The maximum Gasteiger partial charge on any atom is 0.234 e. The Balaban J connectivity index is 1.99. The molecular formula is C13H18N6O2S. The molecule has 22 heavy (non-hydrogen) atoms. The quantitative estimate of drug-likeness (QED) is 0.406. The van der Waals surface area contributed by atoms with Gasteiger partial charge in [-0.1, -0.05) is 0 Å². The van der Waals surface area contributed by atoms with E-state index < -0.39 is 0 Å². The molecule has 0 bridgehead atoms. The molecule has 1 heterocycles. The summed E-state index contributed by atoms with van der Waals surface area (Å²) in [6, 6.07) is 6.75. The summed E-state index contributed by atoms with van der Waals surface area (Å²) in [7, 11) is 0. The van der Waals surface area contributed by atoms with Gasteiger partial charge in [-0.2, -0.15) is 4.99 Å². The Hall–Kier alpha value is -2.10. The van der Waals surface area contributed by atoms with E-state index in [-0.39, 0.29) is 17.0 Å². The highest BCUT2D eigenvalue weighted by molar-refractivity contribution is 8.12. The molecule has 118 valence electrons. The van der Waals surface area contributed by atoms with Crippen molar-refractivity contribution in [2.45, 2.75) is 0 Å². The second-order valence-corrected chi connectivity index (χ2v) is 5.54. The van der Waals surface area contributed by atoms with E-state index in [1.165, 1.54) is 11.9 Å². The summed E-state index contributed by atoms with van der Waals surface area (Å²) in [5.41, 5.74) is 17.1. The van der Waals surface area contributed by atoms with E-state index in [1.54, 1.807) is 24.3 Å². The maximum absolute atomic E-state index is 12.2. The van der Waals surface area contributed by atoms with Crippen molar-refractivity contribution in [2.24, 2.45) is 27.2 Å². The van der Waals surface area contributed by atoms with Crippen LogP contribution in [0, 0.1) is 0 Å². The molecule has 2 rings (SSSR count). The van der Waals surface area contributed by atoms with E-state index in [4.69, 9.17) is 21.9 Å².